The zero-order valence-electron chi connectivity index (χ0n) is 11.7. The summed E-state index contributed by atoms with van der Waals surface area (Å²) in [5.74, 6) is 0.979. The smallest absolute Gasteiger partial charge is 0.129 e. The van der Waals surface area contributed by atoms with E-state index in [0.717, 1.165) is 37.6 Å². The highest BCUT2D eigenvalue weighted by molar-refractivity contribution is 6.31. The van der Waals surface area contributed by atoms with Gasteiger partial charge in [0.25, 0.3) is 0 Å². The number of aromatic nitrogens is 1. The van der Waals surface area contributed by atoms with Crippen LogP contribution >= 0.6 is 11.6 Å². The molecular formula is C14H22ClN3O. The lowest BCUT2D eigenvalue weighted by molar-refractivity contribution is 0.115. The first-order valence-corrected chi connectivity index (χ1v) is 7.29. The molecule has 4 nitrogen and oxygen atoms in total. The van der Waals surface area contributed by atoms with Gasteiger partial charge in [-0.15, -0.1) is 0 Å². The maximum atomic E-state index is 6.15. The molecule has 1 atom stereocenters. The first kappa shape index (κ1) is 14.6. The fourth-order valence-electron chi connectivity index (χ4n) is 2.36. The Kier molecular flexibility index (Phi) is 5.43. The van der Waals surface area contributed by atoms with Crippen LogP contribution in [0.1, 0.15) is 25.5 Å². The van der Waals surface area contributed by atoms with E-state index in [0.29, 0.717) is 17.7 Å². The van der Waals surface area contributed by atoms with Gasteiger partial charge in [0.1, 0.15) is 5.82 Å². The lowest BCUT2D eigenvalue weighted by Gasteiger charge is -2.25. The number of anilines is 1. The summed E-state index contributed by atoms with van der Waals surface area (Å²) >= 11 is 6.15. The molecule has 0 radical (unpaired) electrons. The first-order chi connectivity index (χ1) is 9.24. The van der Waals surface area contributed by atoms with Crippen molar-refractivity contribution in [3.05, 3.63) is 22.8 Å². The average molecular weight is 284 g/mol. The molecule has 1 saturated heterocycles. The number of nitrogens with zero attached hydrogens (tertiary/aromatic N) is 2. The van der Waals surface area contributed by atoms with Crippen LogP contribution in [-0.2, 0) is 11.3 Å². The van der Waals surface area contributed by atoms with Crippen molar-refractivity contribution < 1.29 is 4.74 Å². The molecule has 5 heteroatoms. The van der Waals surface area contributed by atoms with Crippen LogP contribution in [-0.4, -0.2) is 37.8 Å². The van der Waals surface area contributed by atoms with Crippen molar-refractivity contribution in [1.82, 2.24) is 10.3 Å². The van der Waals surface area contributed by atoms with E-state index in [1.807, 2.05) is 19.2 Å². The number of hydrogen-bond acceptors (Lipinski definition) is 4. The predicted molar refractivity (Wildman–Crippen MR) is 78.9 cm³/mol. The summed E-state index contributed by atoms with van der Waals surface area (Å²) in [4.78, 5) is 6.91. The SMILES string of the molecule is CCN(CC1CCCO1)c1ccc(Cl)c(CNC)n1. The second kappa shape index (κ2) is 7.08. The summed E-state index contributed by atoms with van der Waals surface area (Å²) in [6, 6.07) is 3.91. The molecule has 0 amide bonds. The summed E-state index contributed by atoms with van der Waals surface area (Å²) in [6.45, 7) is 5.55. The van der Waals surface area contributed by atoms with Crippen LogP contribution < -0.4 is 10.2 Å². The molecule has 1 aliphatic heterocycles. The Bertz CT molecular complexity index is 408. The average Bonchev–Trinajstić information content (AvgIpc) is 2.92. The number of ether oxygens (including phenoxy) is 1. The molecule has 0 bridgehead atoms. The molecule has 19 heavy (non-hydrogen) atoms. The Balaban J connectivity index is 2.10. The molecule has 1 aromatic rings. The molecule has 1 aromatic heterocycles. The number of likely N-dealkylation sites (N-methyl/N-ethyl adjacent to an activating group) is 1. The lowest BCUT2D eigenvalue weighted by Crippen LogP contribution is -2.32. The van der Waals surface area contributed by atoms with Crippen LogP contribution in [0.3, 0.4) is 0 Å². The molecule has 1 aliphatic rings. The van der Waals surface area contributed by atoms with Crippen LogP contribution in [0.5, 0.6) is 0 Å². The topological polar surface area (TPSA) is 37.4 Å². The van der Waals surface area contributed by atoms with Gasteiger partial charge in [0.05, 0.1) is 16.8 Å². The fraction of sp³-hybridized carbons (Fsp3) is 0.643. The molecule has 0 aromatic carbocycles. The highest BCUT2D eigenvalue weighted by atomic mass is 35.5. The predicted octanol–water partition coefficient (Wildman–Crippen LogP) is 2.46. The van der Waals surface area contributed by atoms with Gasteiger partial charge >= 0.3 is 0 Å². The van der Waals surface area contributed by atoms with E-state index in [1.54, 1.807) is 0 Å². The largest absolute Gasteiger partial charge is 0.376 e. The van der Waals surface area contributed by atoms with Crippen molar-refractivity contribution in [3.8, 4) is 0 Å². The molecule has 0 saturated carbocycles. The summed E-state index contributed by atoms with van der Waals surface area (Å²) in [6.07, 6.45) is 2.65. The second-order valence-corrected chi connectivity index (χ2v) is 5.21. The van der Waals surface area contributed by atoms with Crippen LogP contribution in [0.4, 0.5) is 5.82 Å². The van der Waals surface area contributed by atoms with E-state index in [2.05, 4.69) is 22.1 Å². The van der Waals surface area contributed by atoms with Gasteiger partial charge < -0.3 is 15.0 Å². The van der Waals surface area contributed by atoms with Gasteiger partial charge in [-0.2, -0.15) is 0 Å². The quantitative estimate of drug-likeness (QED) is 0.870. The molecule has 1 unspecified atom stereocenters. The van der Waals surface area contributed by atoms with Crippen LogP contribution in [0.15, 0.2) is 12.1 Å². The van der Waals surface area contributed by atoms with E-state index in [1.165, 1.54) is 6.42 Å². The minimum absolute atomic E-state index is 0.338. The molecular weight excluding hydrogens is 262 g/mol. The third-order valence-corrected chi connectivity index (χ3v) is 3.75. The Labute approximate surface area is 120 Å². The van der Waals surface area contributed by atoms with Crippen LogP contribution in [0, 0.1) is 0 Å². The molecule has 2 heterocycles. The highest BCUT2D eigenvalue weighted by Gasteiger charge is 2.19. The number of nitrogens with one attached hydrogen (secondary N) is 1. The standard InChI is InChI=1S/C14H22ClN3O/c1-3-18(10-11-5-4-8-19-11)14-7-6-12(15)13(17-14)9-16-2/h6-7,11,16H,3-5,8-10H2,1-2H3. The van der Waals surface area contributed by atoms with Gasteiger partial charge in [0.2, 0.25) is 0 Å². The summed E-state index contributed by atoms with van der Waals surface area (Å²) < 4.78 is 5.70. The minimum atomic E-state index is 0.338. The van der Waals surface area contributed by atoms with E-state index in [9.17, 15) is 0 Å². The highest BCUT2D eigenvalue weighted by Crippen LogP contribution is 2.21. The van der Waals surface area contributed by atoms with Crippen LogP contribution in [0.2, 0.25) is 5.02 Å². The van der Waals surface area contributed by atoms with Crippen molar-refractivity contribution in [2.45, 2.75) is 32.4 Å². The molecule has 0 spiro atoms. The molecule has 0 aliphatic carbocycles. The Morgan fingerprint density at radius 2 is 2.37 bits per heavy atom. The number of rotatable bonds is 6. The Morgan fingerprint density at radius 1 is 1.53 bits per heavy atom. The van der Waals surface area contributed by atoms with E-state index in [4.69, 9.17) is 16.3 Å². The zero-order chi connectivity index (χ0) is 13.7. The van der Waals surface area contributed by atoms with Gasteiger partial charge in [-0.3, -0.25) is 0 Å². The van der Waals surface area contributed by atoms with Gasteiger partial charge in [-0.05, 0) is 38.9 Å². The second-order valence-electron chi connectivity index (χ2n) is 4.80. The maximum absolute atomic E-state index is 6.15. The third kappa shape index (κ3) is 3.81. The van der Waals surface area contributed by atoms with E-state index in [-0.39, 0.29) is 0 Å². The zero-order valence-corrected chi connectivity index (χ0v) is 12.4. The van der Waals surface area contributed by atoms with E-state index < -0.39 is 0 Å². The summed E-state index contributed by atoms with van der Waals surface area (Å²) in [5.41, 5.74) is 0.896. The lowest BCUT2D eigenvalue weighted by atomic mass is 10.2. The first-order valence-electron chi connectivity index (χ1n) is 6.91. The van der Waals surface area contributed by atoms with Gasteiger partial charge in [0.15, 0.2) is 0 Å². The van der Waals surface area contributed by atoms with Crippen molar-refractivity contribution in [2.75, 3.05) is 31.6 Å². The summed E-state index contributed by atoms with van der Waals surface area (Å²) in [5, 5.41) is 3.81. The van der Waals surface area contributed by atoms with Crippen molar-refractivity contribution >= 4 is 17.4 Å². The molecule has 1 fully saturated rings. The van der Waals surface area contributed by atoms with Gasteiger partial charge in [0, 0.05) is 26.2 Å². The fourth-order valence-corrected chi connectivity index (χ4v) is 2.53. The Hall–Kier alpha value is -0.840. The monoisotopic (exact) mass is 283 g/mol. The van der Waals surface area contributed by atoms with Crippen molar-refractivity contribution in [3.63, 3.8) is 0 Å². The van der Waals surface area contributed by atoms with Crippen LogP contribution in [0.25, 0.3) is 0 Å². The third-order valence-electron chi connectivity index (χ3n) is 3.40. The normalized spacial score (nSPS) is 18.8. The number of halogens is 1. The molecule has 1 N–H and O–H groups in total. The number of hydrogen-bond donors (Lipinski definition) is 1. The van der Waals surface area contributed by atoms with Gasteiger partial charge in [-0.25, -0.2) is 4.98 Å². The van der Waals surface area contributed by atoms with E-state index >= 15 is 0 Å². The maximum Gasteiger partial charge on any atom is 0.129 e. The van der Waals surface area contributed by atoms with Gasteiger partial charge in [-0.1, -0.05) is 11.6 Å². The van der Waals surface area contributed by atoms with Crippen molar-refractivity contribution in [1.29, 1.82) is 0 Å². The molecule has 106 valence electrons. The number of pyridine rings is 1. The van der Waals surface area contributed by atoms with Crippen molar-refractivity contribution in [2.24, 2.45) is 0 Å². The minimum Gasteiger partial charge on any atom is -0.376 e. The summed E-state index contributed by atoms with van der Waals surface area (Å²) in [7, 11) is 1.90. The molecule has 2 rings (SSSR count). The Morgan fingerprint density at radius 3 is 3.00 bits per heavy atom.